The molecule has 0 N–H and O–H groups in total. The summed E-state index contributed by atoms with van der Waals surface area (Å²) in [5, 5.41) is 1.78. The normalized spacial score (nSPS) is 15.3. The molecule has 3 aromatic carbocycles. The fraction of sp³-hybridized carbons (Fsp3) is 0.172. The summed E-state index contributed by atoms with van der Waals surface area (Å²) in [5.74, 6) is 0.731. The first-order valence-corrected chi connectivity index (χ1v) is 11.6. The van der Waals surface area contributed by atoms with Gasteiger partial charge in [0.2, 0.25) is 0 Å². The van der Waals surface area contributed by atoms with Crippen molar-refractivity contribution in [1.29, 1.82) is 0 Å². The standard InChI is InChI=1S/C29H25ClN2O2/c1-29(2)27(21-8-13-22(30)14-9-21)26(28(33)32(29)3)20-11-16-24(17-12-20)34-18-23-15-10-19-6-4-5-7-25(19)31-23/h4-17H,18H2,1-3H3. The second kappa shape index (κ2) is 8.62. The Kier molecular flexibility index (Phi) is 5.62. The monoisotopic (exact) mass is 468 g/mol. The number of fused-ring (bicyclic) bond motifs is 1. The summed E-state index contributed by atoms with van der Waals surface area (Å²) in [5.41, 5.74) is 4.92. The van der Waals surface area contributed by atoms with E-state index in [1.807, 2.05) is 85.9 Å². The van der Waals surface area contributed by atoms with Gasteiger partial charge in [-0.05, 0) is 66.9 Å². The average Bonchev–Trinajstić information content (AvgIpc) is 3.03. The topological polar surface area (TPSA) is 42.4 Å². The maximum Gasteiger partial charge on any atom is 0.255 e. The largest absolute Gasteiger partial charge is 0.487 e. The first-order chi connectivity index (χ1) is 16.3. The molecule has 5 rings (SSSR count). The van der Waals surface area contributed by atoms with Crippen molar-refractivity contribution in [2.75, 3.05) is 7.05 Å². The Bertz CT molecular complexity index is 1410. The highest BCUT2D eigenvalue weighted by Gasteiger charge is 2.43. The Hall–Kier alpha value is -3.63. The second-order valence-corrected chi connectivity index (χ2v) is 9.42. The minimum absolute atomic E-state index is 0.00369. The molecule has 0 spiro atoms. The Balaban J connectivity index is 1.43. The van der Waals surface area contributed by atoms with E-state index < -0.39 is 5.54 Å². The molecule has 1 aliphatic heterocycles. The van der Waals surface area contributed by atoms with Crippen LogP contribution in [0.5, 0.6) is 5.75 Å². The van der Waals surface area contributed by atoms with E-state index in [0.29, 0.717) is 17.2 Å². The molecule has 0 unspecified atom stereocenters. The van der Waals surface area contributed by atoms with E-state index in [-0.39, 0.29) is 5.91 Å². The van der Waals surface area contributed by atoms with Crippen molar-refractivity contribution in [2.24, 2.45) is 0 Å². The highest BCUT2D eigenvalue weighted by molar-refractivity contribution is 6.32. The summed E-state index contributed by atoms with van der Waals surface area (Å²) >= 11 is 6.11. The minimum Gasteiger partial charge on any atom is -0.487 e. The van der Waals surface area contributed by atoms with Gasteiger partial charge in [0.1, 0.15) is 12.4 Å². The maximum atomic E-state index is 13.3. The maximum absolute atomic E-state index is 13.3. The summed E-state index contributed by atoms with van der Waals surface area (Å²) < 4.78 is 5.98. The van der Waals surface area contributed by atoms with E-state index in [1.54, 1.807) is 4.90 Å². The van der Waals surface area contributed by atoms with Gasteiger partial charge in [-0.2, -0.15) is 0 Å². The third-order valence-electron chi connectivity index (χ3n) is 6.54. The van der Waals surface area contributed by atoms with Crippen LogP contribution in [0.1, 0.15) is 30.7 Å². The number of rotatable bonds is 5. The van der Waals surface area contributed by atoms with E-state index >= 15 is 0 Å². The van der Waals surface area contributed by atoms with Crippen molar-refractivity contribution in [3.63, 3.8) is 0 Å². The molecule has 0 saturated heterocycles. The first kappa shape index (κ1) is 22.2. The molecule has 2 heterocycles. The summed E-state index contributed by atoms with van der Waals surface area (Å²) in [6, 6.07) is 27.4. The number of nitrogens with zero attached hydrogens (tertiary/aromatic N) is 2. The Morgan fingerprint density at radius 2 is 1.56 bits per heavy atom. The zero-order chi connectivity index (χ0) is 23.9. The summed E-state index contributed by atoms with van der Waals surface area (Å²) in [4.78, 5) is 19.7. The lowest BCUT2D eigenvalue weighted by atomic mass is 9.85. The van der Waals surface area contributed by atoms with Gasteiger partial charge >= 0.3 is 0 Å². The summed E-state index contributed by atoms with van der Waals surface area (Å²) in [6.45, 7) is 4.50. The van der Waals surface area contributed by atoms with Crippen LogP contribution in [0.2, 0.25) is 5.02 Å². The lowest BCUT2D eigenvalue weighted by molar-refractivity contribution is -0.125. The molecule has 4 aromatic rings. The molecule has 0 bridgehead atoms. The lowest BCUT2D eigenvalue weighted by Gasteiger charge is -2.31. The van der Waals surface area contributed by atoms with Crippen molar-refractivity contribution >= 4 is 39.6 Å². The molecule has 1 amide bonds. The Labute approximate surface area is 204 Å². The number of pyridine rings is 1. The number of carbonyl (C=O) groups is 1. The van der Waals surface area contributed by atoms with Crippen LogP contribution in [0.4, 0.5) is 0 Å². The average molecular weight is 469 g/mol. The number of carbonyl (C=O) groups excluding carboxylic acids is 1. The van der Waals surface area contributed by atoms with Crippen LogP contribution in [0.3, 0.4) is 0 Å². The highest BCUT2D eigenvalue weighted by Crippen LogP contribution is 2.45. The molecule has 0 radical (unpaired) electrons. The molecule has 5 heteroatoms. The highest BCUT2D eigenvalue weighted by atomic mass is 35.5. The fourth-order valence-corrected chi connectivity index (χ4v) is 4.57. The minimum atomic E-state index is -0.447. The van der Waals surface area contributed by atoms with Crippen molar-refractivity contribution in [3.8, 4) is 5.75 Å². The quantitative estimate of drug-likeness (QED) is 0.330. The molecular formula is C29H25ClN2O2. The molecule has 4 nitrogen and oxygen atoms in total. The van der Waals surface area contributed by atoms with Gasteiger partial charge in [-0.1, -0.05) is 60.1 Å². The molecule has 0 fully saturated rings. The SMILES string of the molecule is CN1C(=O)C(c2ccc(OCc3ccc4ccccc4n3)cc2)=C(c2ccc(Cl)cc2)C1(C)C. The zero-order valence-corrected chi connectivity index (χ0v) is 20.1. The van der Waals surface area contributed by atoms with Crippen molar-refractivity contribution in [1.82, 2.24) is 9.88 Å². The van der Waals surface area contributed by atoms with Gasteiger partial charge in [0.15, 0.2) is 0 Å². The third-order valence-corrected chi connectivity index (χ3v) is 6.79. The van der Waals surface area contributed by atoms with Crippen LogP contribution in [0.15, 0.2) is 84.9 Å². The number of benzene rings is 3. The smallest absolute Gasteiger partial charge is 0.255 e. The van der Waals surface area contributed by atoms with Gasteiger partial charge in [0, 0.05) is 17.5 Å². The fourth-order valence-electron chi connectivity index (χ4n) is 4.45. The van der Waals surface area contributed by atoms with Gasteiger partial charge in [0.05, 0.1) is 22.3 Å². The van der Waals surface area contributed by atoms with Gasteiger partial charge in [-0.15, -0.1) is 0 Å². The lowest BCUT2D eigenvalue weighted by Crippen LogP contribution is -2.39. The number of hydrogen-bond acceptors (Lipinski definition) is 3. The summed E-state index contributed by atoms with van der Waals surface area (Å²) in [6.07, 6.45) is 0. The number of aromatic nitrogens is 1. The van der Waals surface area contributed by atoms with Gasteiger partial charge < -0.3 is 9.64 Å². The third kappa shape index (κ3) is 3.95. The van der Waals surface area contributed by atoms with Crippen molar-refractivity contribution < 1.29 is 9.53 Å². The van der Waals surface area contributed by atoms with Crippen LogP contribution in [-0.4, -0.2) is 28.4 Å². The molecule has 34 heavy (non-hydrogen) atoms. The van der Waals surface area contributed by atoms with Crippen LogP contribution in [-0.2, 0) is 11.4 Å². The number of halogens is 1. The number of hydrogen-bond donors (Lipinski definition) is 0. The van der Waals surface area contributed by atoms with Crippen LogP contribution in [0, 0.1) is 0 Å². The molecule has 0 atom stereocenters. The molecular weight excluding hydrogens is 444 g/mol. The van der Waals surface area contributed by atoms with E-state index in [2.05, 4.69) is 24.9 Å². The van der Waals surface area contributed by atoms with E-state index in [4.69, 9.17) is 16.3 Å². The first-order valence-electron chi connectivity index (χ1n) is 11.2. The predicted octanol–water partition coefficient (Wildman–Crippen LogP) is 6.63. The zero-order valence-electron chi connectivity index (χ0n) is 19.4. The Morgan fingerprint density at radius 1 is 0.882 bits per heavy atom. The van der Waals surface area contributed by atoms with Gasteiger partial charge in [-0.25, -0.2) is 4.98 Å². The van der Waals surface area contributed by atoms with Crippen LogP contribution in [0.25, 0.3) is 22.0 Å². The molecule has 170 valence electrons. The number of para-hydroxylation sites is 1. The number of ether oxygens (including phenoxy) is 1. The molecule has 0 aliphatic carbocycles. The van der Waals surface area contributed by atoms with Crippen molar-refractivity contribution in [3.05, 3.63) is 107 Å². The van der Waals surface area contributed by atoms with Crippen LogP contribution < -0.4 is 4.74 Å². The second-order valence-electron chi connectivity index (χ2n) is 8.99. The van der Waals surface area contributed by atoms with E-state index in [0.717, 1.165) is 39.0 Å². The van der Waals surface area contributed by atoms with Crippen LogP contribution >= 0.6 is 11.6 Å². The molecule has 1 aromatic heterocycles. The van der Waals surface area contributed by atoms with Crippen molar-refractivity contribution in [2.45, 2.75) is 26.0 Å². The molecule has 1 aliphatic rings. The van der Waals surface area contributed by atoms with E-state index in [1.165, 1.54) is 0 Å². The van der Waals surface area contributed by atoms with E-state index in [9.17, 15) is 4.79 Å². The number of likely N-dealkylation sites (N-methyl/N-ethyl adjacent to an activating group) is 1. The Morgan fingerprint density at radius 3 is 2.29 bits per heavy atom. The number of amides is 1. The predicted molar refractivity (Wildman–Crippen MR) is 138 cm³/mol. The summed E-state index contributed by atoms with van der Waals surface area (Å²) in [7, 11) is 1.85. The molecule has 0 saturated carbocycles. The van der Waals surface area contributed by atoms with Gasteiger partial charge in [-0.3, -0.25) is 4.79 Å². The van der Waals surface area contributed by atoms with Gasteiger partial charge in [0.25, 0.3) is 5.91 Å².